The Kier molecular flexibility index (Phi) is 4.11. The highest BCUT2D eigenvalue weighted by Gasteiger charge is 2.28. The SMILES string of the molecule is CCCCc1noc(CN2CCCC2c2cn[nH]c2)n1. The highest BCUT2D eigenvalue weighted by atomic mass is 16.5. The molecule has 1 aliphatic rings. The summed E-state index contributed by atoms with van der Waals surface area (Å²) in [4.78, 5) is 6.87. The van der Waals surface area contributed by atoms with Gasteiger partial charge in [-0.3, -0.25) is 10.00 Å². The van der Waals surface area contributed by atoms with E-state index in [-0.39, 0.29) is 0 Å². The van der Waals surface area contributed by atoms with Gasteiger partial charge in [0.05, 0.1) is 12.7 Å². The second-order valence-corrected chi connectivity index (χ2v) is 5.37. The van der Waals surface area contributed by atoms with Gasteiger partial charge in [-0.15, -0.1) is 0 Å². The maximum Gasteiger partial charge on any atom is 0.240 e. The molecule has 0 saturated carbocycles. The zero-order valence-electron chi connectivity index (χ0n) is 11.9. The zero-order chi connectivity index (χ0) is 13.8. The molecule has 2 aromatic heterocycles. The first-order chi connectivity index (χ1) is 9.86. The average molecular weight is 275 g/mol. The molecule has 0 amide bonds. The van der Waals surface area contributed by atoms with Crippen LogP contribution in [0.15, 0.2) is 16.9 Å². The summed E-state index contributed by atoms with van der Waals surface area (Å²) >= 11 is 0. The van der Waals surface area contributed by atoms with E-state index in [0.29, 0.717) is 6.04 Å². The number of H-pyrrole nitrogens is 1. The number of nitrogens with zero attached hydrogens (tertiary/aromatic N) is 4. The number of nitrogens with one attached hydrogen (secondary N) is 1. The Morgan fingerprint density at radius 2 is 2.45 bits per heavy atom. The van der Waals surface area contributed by atoms with E-state index in [1.165, 1.54) is 12.0 Å². The molecular weight excluding hydrogens is 254 g/mol. The first-order valence-corrected chi connectivity index (χ1v) is 7.41. The van der Waals surface area contributed by atoms with E-state index in [1.54, 1.807) is 0 Å². The molecule has 6 nitrogen and oxygen atoms in total. The molecule has 0 radical (unpaired) electrons. The summed E-state index contributed by atoms with van der Waals surface area (Å²) < 4.78 is 5.36. The predicted molar refractivity (Wildman–Crippen MR) is 73.9 cm³/mol. The minimum Gasteiger partial charge on any atom is -0.338 e. The summed E-state index contributed by atoms with van der Waals surface area (Å²) in [6.07, 6.45) is 9.42. The van der Waals surface area contributed by atoms with Gasteiger partial charge in [0.1, 0.15) is 0 Å². The minimum absolute atomic E-state index is 0.416. The highest BCUT2D eigenvalue weighted by molar-refractivity contribution is 5.11. The lowest BCUT2D eigenvalue weighted by atomic mass is 10.1. The summed E-state index contributed by atoms with van der Waals surface area (Å²) in [5.41, 5.74) is 1.24. The van der Waals surface area contributed by atoms with Crippen LogP contribution in [0.25, 0.3) is 0 Å². The monoisotopic (exact) mass is 275 g/mol. The molecule has 1 fully saturated rings. The lowest BCUT2D eigenvalue weighted by Crippen LogP contribution is -2.22. The Morgan fingerprint density at radius 1 is 1.50 bits per heavy atom. The molecule has 0 bridgehead atoms. The Labute approximate surface area is 118 Å². The number of unbranched alkanes of at least 4 members (excludes halogenated alkanes) is 1. The van der Waals surface area contributed by atoms with Gasteiger partial charge in [-0.05, 0) is 25.8 Å². The van der Waals surface area contributed by atoms with Crippen molar-refractivity contribution in [2.75, 3.05) is 6.54 Å². The van der Waals surface area contributed by atoms with Crippen molar-refractivity contribution in [3.63, 3.8) is 0 Å². The smallest absolute Gasteiger partial charge is 0.240 e. The predicted octanol–water partition coefficient (Wildman–Crippen LogP) is 2.47. The second-order valence-electron chi connectivity index (χ2n) is 5.37. The van der Waals surface area contributed by atoms with Crippen LogP contribution in [0.3, 0.4) is 0 Å². The highest BCUT2D eigenvalue weighted by Crippen LogP contribution is 2.32. The van der Waals surface area contributed by atoms with Gasteiger partial charge in [0.2, 0.25) is 5.89 Å². The van der Waals surface area contributed by atoms with Gasteiger partial charge in [-0.25, -0.2) is 0 Å². The van der Waals surface area contributed by atoms with Crippen molar-refractivity contribution >= 4 is 0 Å². The van der Waals surface area contributed by atoms with E-state index < -0.39 is 0 Å². The fourth-order valence-electron chi connectivity index (χ4n) is 2.80. The van der Waals surface area contributed by atoms with Crippen LogP contribution >= 0.6 is 0 Å². The number of hydrogen-bond donors (Lipinski definition) is 1. The largest absolute Gasteiger partial charge is 0.338 e. The topological polar surface area (TPSA) is 70.8 Å². The molecule has 2 aromatic rings. The van der Waals surface area contributed by atoms with Gasteiger partial charge in [0.15, 0.2) is 5.82 Å². The molecule has 1 aliphatic heterocycles. The normalized spacial score (nSPS) is 19.8. The number of aryl methyl sites for hydroxylation is 1. The van der Waals surface area contributed by atoms with E-state index in [4.69, 9.17) is 4.52 Å². The number of rotatable bonds is 6. The summed E-state index contributed by atoms with van der Waals surface area (Å²) in [6.45, 7) is 3.97. The van der Waals surface area contributed by atoms with Crippen LogP contribution in [-0.2, 0) is 13.0 Å². The Hall–Kier alpha value is -1.69. The molecule has 20 heavy (non-hydrogen) atoms. The van der Waals surface area contributed by atoms with Crippen LogP contribution in [0, 0.1) is 0 Å². The maximum atomic E-state index is 5.36. The van der Waals surface area contributed by atoms with E-state index >= 15 is 0 Å². The molecule has 1 unspecified atom stereocenters. The van der Waals surface area contributed by atoms with E-state index in [9.17, 15) is 0 Å². The van der Waals surface area contributed by atoms with Crippen molar-refractivity contribution in [1.82, 2.24) is 25.2 Å². The van der Waals surface area contributed by atoms with Gasteiger partial charge >= 0.3 is 0 Å². The Balaban J connectivity index is 1.63. The third kappa shape index (κ3) is 2.90. The van der Waals surface area contributed by atoms with E-state index in [1.807, 2.05) is 12.4 Å². The molecule has 3 heterocycles. The lowest BCUT2D eigenvalue weighted by molar-refractivity contribution is 0.212. The van der Waals surface area contributed by atoms with E-state index in [2.05, 4.69) is 32.2 Å². The van der Waals surface area contributed by atoms with Gasteiger partial charge in [0.25, 0.3) is 0 Å². The number of aromatic nitrogens is 4. The summed E-state index contributed by atoms with van der Waals surface area (Å²) in [6, 6.07) is 0.416. The number of hydrogen-bond acceptors (Lipinski definition) is 5. The summed E-state index contributed by atoms with van der Waals surface area (Å²) in [5.74, 6) is 1.56. The third-order valence-corrected chi connectivity index (χ3v) is 3.87. The van der Waals surface area contributed by atoms with Crippen LogP contribution in [0.5, 0.6) is 0 Å². The molecule has 108 valence electrons. The van der Waals surface area contributed by atoms with Crippen LogP contribution in [-0.4, -0.2) is 31.8 Å². The average Bonchev–Trinajstić information content (AvgIpc) is 3.18. The second kappa shape index (κ2) is 6.17. The van der Waals surface area contributed by atoms with E-state index in [0.717, 1.165) is 50.5 Å². The molecule has 0 aliphatic carbocycles. The van der Waals surface area contributed by atoms with Gasteiger partial charge in [-0.2, -0.15) is 10.1 Å². The van der Waals surface area contributed by atoms with Crippen molar-refractivity contribution in [2.24, 2.45) is 0 Å². The quantitative estimate of drug-likeness (QED) is 0.877. The summed E-state index contributed by atoms with van der Waals surface area (Å²) in [7, 11) is 0. The van der Waals surface area contributed by atoms with Crippen LogP contribution in [0.1, 0.15) is 55.9 Å². The number of likely N-dealkylation sites (tertiary alicyclic amines) is 1. The zero-order valence-corrected chi connectivity index (χ0v) is 11.9. The van der Waals surface area contributed by atoms with Crippen molar-refractivity contribution in [2.45, 2.75) is 51.6 Å². The molecule has 1 N–H and O–H groups in total. The molecule has 1 atom stereocenters. The Bertz CT molecular complexity index is 521. The first kappa shape index (κ1) is 13.3. The molecule has 6 heteroatoms. The minimum atomic E-state index is 0.416. The molecular formula is C14H21N5O. The fourth-order valence-corrected chi connectivity index (χ4v) is 2.80. The molecule has 0 aromatic carbocycles. The van der Waals surface area contributed by atoms with Crippen LogP contribution < -0.4 is 0 Å². The van der Waals surface area contributed by atoms with Crippen LogP contribution in [0.2, 0.25) is 0 Å². The molecule has 3 rings (SSSR count). The fraction of sp³-hybridized carbons (Fsp3) is 0.643. The molecule has 1 saturated heterocycles. The van der Waals surface area contributed by atoms with Gasteiger partial charge in [0, 0.05) is 24.2 Å². The lowest BCUT2D eigenvalue weighted by Gasteiger charge is -2.21. The molecule has 0 spiro atoms. The maximum absolute atomic E-state index is 5.36. The van der Waals surface area contributed by atoms with Crippen molar-refractivity contribution in [1.29, 1.82) is 0 Å². The van der Waals surface area contributed by atoms with Gasteiger partial charge in [-0.1, -0.05) is 18.5 Å². The summed E-state index contributed by atoms with van der Waals surface area (Å²) in [5, 5.41) is 11.0. The Morgan fingerprint density at radius 3 is 3.25 bits per heavy atom. The van der Waals surface area contributed by atoms with Crippen molar-refractivity contribution in [3.8, 4) is 0 Å². The standard InChI is InChI=1S/C14H21N5O/c1-2-3-6-13-17-14(20-18-13)10-19-7-4-5-12(19)11-8-15-16-9-11/h8-9,12H,2-7,10H2,1H3,(H,15,16). The van der Waals surface area contributed by atoms with Gasteiger partial charge < -0.3 is 4.52 Å². The van der Waals surface area contributed by atoms with Crippen LogP contribution in [0.4, 0.5) is 0 Å². The van der Waals surface area contributed by atoms with Crippen molar-refractivity contribution < 1.29 is 4.52 Å². The third-order valence-electron chi connectivity index (χ3n) is 3.87. The number of aromatic amines is 1. The first-order valence-electron chi connectivity index (χ1n) is 7.41. The van der Waals surface area contributed by atoms with Crippen molar-refractivity contribution in [3.05, 3.63) is 29.7 Å².